The van der Waals surface area contributed by atoms with Crippen molar-refractivity contribution in [2.75, 3.05) is 0 Å². The molecule has 0 aromatic heterocycles. The predicted octanol–water partition coefficient (Wildman–Crippen LogP) is 12.6. The average molecular weight is 723 g/mol. The molecule has 54 heavy (non-hydrogen) atoms. The maximum Gasteiger partial charge on any atom is 0.0840 e. The molecule has 0 radical (unpaired) electrons. The van der Waals surface area contributed by atoms with E-state index in [0.717, 1.165) is 41.9 Å². The van der Waals surface area contributed by atoms with E-state index >= 15 is 0 Å². The Hall–Kier alpha value is -2.32. The standard InChI is InChI=1S/C52H70N2/c1-32-17-9-10-20-36(32)47-33(2)46(34-18-7-5-8-19-34)53-49(54-47)40-23-12-11-21-37(40)35-27-30-52-43(31-35)48(52)50(3,4)42-26-25-39-38-22-13-14-24-41(38)51(44(39)45(42)52)28-15-6-16-29-51/h9-10,12,17,22-23,27,30-31,34,36-37,40-43,45-46,48-49,53-54H,5-8,11,13-16,18-21,24-26,28-29H2,1-4H3. The van der Waals surface area contributed by atoms with Gasteiger partial charge in [-0.15, -0.1) is 0 Å². The van der Waals surface area contributed by atoms with Crippen molar-refractivity contribution in [2.45, 2.75) is 155 Å². The van der Waals surface area contributed by atoms with Crippen LogP contribution >= 0.6 is 0 Å². The van der Waals surface area contributed by atoms with E-state index in [2.05, 4.69) is 98.6 Å². The van der Waals surface area contributed by atoms with Crippen LogP contribution in [-0.2, 0) is 0 Å². The third-order valence-electron chi connectivity index (χ3n) is 18.8. The molecule has 0 bridgehead atoms. The Bertz CT molecular complexity index is 1810. The highest BCUT2D eigenvalue weighted by atomic mass is 15.2. The van der Waals surface area contributed by atoms with Crippen LogP contribution in [0, 0.1) is 69.5 Å². The average Bonchev–Trinajstić information content (AvgIpc) is 3.78. The minimum absolute atomic E-state index is 0.285. The van der Waals surface area contributed by atoms with Gasteiger partial charge < -0.3 is 5.32 Å². The van der Waals surface area contributed by atoms with Crippen molar-refractivity contribution >= 4 is 0 Å². The van der Waals surface area contributed by atoms with Crippen LogP contribution in [-0.4, -0.2) is 12.2 Å². The largest absolute Gasteiger partial charge is 0.372 e. The van der Waals surface area contributed by atoms with Crippen LogP contribution in [0.3, 0.4) is 0 Å². The summed E-state index contributed by atoms with van der Waals surface area (Å²) in [7, 11) is 0. The van der Waals surface area contributed by atoms with Crippen LogP contribution in [0.4, 0.5) is 0 Å². The summed E-state index contributed by atoms with van der Waals surface area (Å²) < 4.78 is 0. The summed E-state index contributed by atoms with van der Waals surface area (Å²) in [4.78, 5) is 0. The zero-order valence-electron chi connectivity index (χ0n) is 34.3. The monoisotopic (exact) mass is 723 g/mol. The second-order valence-corrected chi connectivity index (χ2v) is 21.3. The normalized spacial score (nSPS) is 44.4. The van der Waals surface area contributed by atoms with Gasteiger partial charge in [0.15, 0.2) is 0 Å². The van der Waals surface area contributed by atoms with E-state index in [1.54, 1.807) is 16.8 Å². The lowest BCUT2D eigenvalue weighted by Crippen LogP contribution is -2.60. The summed E-state index contributed by atoms with van der Waals surface area (Å²) in [6, 6.07) is 0.493. The van der Waals surface area contributed by atoms with Gasteiger partial charge in [-0.3, -0.25) is 5.32 Å². The molecule has 2 heteroatoms. The minimum Gasteiger partial charge on any atom is -0.372 e. The Morgan fingerprint density at radius 1 is 0.852 bits per heavy atom. The number of hydrogen-bond donors (Lipinski definition) is 2. The predicted molar refractivity (Wildman–Crippen MR) is 224 cm³/mol. The molecule has 0 aromatic carbocycles. The Labute approximate surface area is 328 Å². The van der Waals surface area contributed by atoms with E-state index in [1.165, 1.54) is 115 Å². The second kappa shape index (κ2) is 12.8. The molecule has 0 saturated heterocycles. The van der Waals surface area contributed by atoms with Crippen LogP contribution in [0.2, 0.25) is 0 Å². The molecular formula is C52H70N2. The number of allylic oxidation sites excluding steroid dienone is 13. The highest BCUT2D eigenvalue weighted by molar-refractivity contribution is 5.58. The molecule has 0 aromatic rings. The molecule has 1 heterocycles. The molecule has 11 aliphatic rings. The zero-order valence-corrected chi connectivity index (χ0v) is 34.3. The van der Waals surface area contributed by atoms with Crippen molar-refractivity contribution in [1.29, 1.82) is 0 Å². The van der Waals surface area contributed by atoms with Gasteiger partial charge >= 0.3 is 0 Å². The SMILES string of the molecule is CC1=CC=CCC1C1=C(C)C(C2CCCCC2)NC(C2C=CCCC2C2=CC3C4C(C)(C)C5CCC6=C(C5C34C=C2)C2(CCCCC2)C2CCCC=C62)N1. The van der Waals surface area contributed by atoms with Gasteiger partial charge in [-0.1, -0.05) is 118 Å². The summed E-state index contributed by atoms with van der Waals surface area (Å²) >= 11 is 0. The van der Waals surface area contributed by atoms with Gasteiger partial charge in [-0.2, -0.15) is 0 Å². The Kier molecular flexibility index (Phi) is 8.30. The highest BCUT2D eigenvalue weighted by Crippen LogP contribution is 2.86. The fourth-order valence-corrected chi connectivity index (χ4v) is 16.6. The zero-order chi connectivity index (χ0) is 36.4. The number of fused-ring (bicyclic) bond motifs is 7. The van der Waals surface area contributed by atoms with Gasteiger partial charge in [0.05, 0.1) is 6.17 Å². The molecule has 2 nitrogen and oxygen atoms in total. The molecule has 10 aliphatic carbocycles. The Morgan fingerprint density at radius 3 is 2.52 bits per heavy atom. The van der Waals surface area contributed by atoms with E-state index in [1.807, 2.05) is 11.1 Å². The van der Waals surface area contributed by atoms with Gasteiger partial charge in [0.1, 0.15) is 0 Å². The first kappa shape index (κ1) is 34.9. The smallest absolute Gasteiger partial charge is 0.0840 e. The highest BCUT2D eigenvalue weighted by Gasteiger charge is 2.81. The first-order valence-electron chi connectivity index (χ1n) is 23.4. The summed E-state index contributed by atoms with van der Waals surface area (Å²) in [5, 5.41) is 8.65. The molecule has 11 unspecified atom stereocenters. The van der Waals surface area contributed by atoms with Crippen LogP contribution in [0.15, 0.2) is 93.8 Å². The summed E-state index contributed by atoms with van der Waals surface area (Å²) in [5.41, 5.74) is 13.5. The fraction of sp³-hybridized carbons (Fsp3) is 0.692. The summed E-state index contributed by atoms with van der Waals surface area (Å²) in [5.74, 6) is 6.32. The van der Waals surface area contributed by atoms with Crippen molar-refractivity contribution in [1.82, 2.24) is 10.6 Å². The maximum absolute atomic E-state index is 4.37. The van der Waals surface area contributed by atoms with E-state index < -0.39 is 0 Å². The lowest BCUT2D eigenvalue weighted by molar-refractivity contribution is 0.0992. The van der Waals surface area contributed by atoms with Gasteiger partial charge in [-0.05, 0) is 165 Å². The third-order valence-corrected chi connectivity index (χ3v) is 18.8. The molecule has 288 valence electrons. The molecule has 11 rings (SSSR count). The first-order valence-corrected chi connectivity index (χ1v) is 23.4. The third kappa shape index (κ3) is 4.86. The van der Waals surface area contributed by atoms with Crippen LogP contribution in [0.1, 0.15) is 143 Å². The fourth-order valence-electron chi connectivity index (χ4n) is 16.6. The molecule has 4 fully saturated rings. The minimum atomic E-state index is 0.285. The van der Waals surface area contributed by atoms with Crippen LogP contribution in [0.5, 0.6) is 0 Å². The molecule has 4 saturated carbocycles. The van der Waals surface area contributed by atoms with Gasteiger partial charge in [0.2, 0.25) is 0 Å². The van der Waals surface area contributed by atoms with Crippen LogP contribution < -0.4 is 10.6 Å². The molecule has 11 atom stereocenters. The van der Waals surface area contributed by atoms with Gasteiger partial charge in [-0.25, -0.2) is 0 Å². The Balaban J connectivity index is 0.930. The summed E-state index contributed by atoms with van der Waals surface area (Å²) in [6.07, 6.45) is 48.8. The Morgan fingerprint density at radius 2 is 1.69 bits per heavy atom. The lowest BCUT2D eigenvalue weighted by Gasteiger charge is -2.50. The van der Waals surface area contributed by atoms with E-state index in [0.29, 0.717) is 40.0 Å². The molecular weight excluding hydrogens is 653 g/mol. The van der Waals surface area contributed by atoms with Crippen LogP contribution in [0.25, 0.3) is 0 Å². The molecule has 1 aliphatic heterocycles. The lowest BCUT2D eigenvalue weighted by atomic mass is 9.54. The van der Waals surface area contributed by atoms with Crippen molar-refractivity contribution in [2.24, 2.45) is 69.5 Å². The van der Waals surface area contributed by atoms with Crippen molar-refractivity contribution in [3.63, 3.8) is 0 Å². The molecule has 0 amide bonds. The molecule has 2 spiro atoms. The molecule has 2 N–H and O–H groups in total. The van der Waals surface area contributed by atoms with Crippen molar-refractivity contribution < 1.29 is 0 Å². The topological polar surface area (TPSA) is 24.1 Å². The summed E-state index contributed by atoms with van der Waals surface area (Å²) in [6.45, 7) is 10.3. The van der Waals surface area contributed by atoms with E-state index in [-0.39, 0.29) is 6.17 Å². The van der Waals surface area contributed by atoms with E-state index in [9.17, 15) is 0 Å². The van der Waals surface area contributed by atoms with Gasteiger partial charge in [0, 0.05) is 29.0 Å². The maximum atomic E-state index is 4.37. The van der Waals surface area contributed by atoms with Crippen molar-refractivity contribution in [3.8, 4) is 0 Å². The van der Waals surface area contributed by atoms with E-state index in [4.69, 9.17) is 0 Å². The number of rotatable bonds is 4. The number of hydrogen-bond acceptors (Lipinski definition) is 2. The quantitative estimate of drug-likeness (QED) is 0.282. The first-order chi connectivity index (χ1) is 26.3. The second-order valence-electron chi connectivity index (χ2n) is 21.3. The van der Waals surface area contributed by atoms with Gasteiger partial charge in [0.25, 0.3) is 0 Å². The van der Waals surface area contributed by atoms with Crippen molar-refractivity contribution in [3.05, 3.63) is 93.8 Å². The number of nitrogens with one attached hydrogen (secondary N) is 2.